The Kier molecular flexibility index (Phi) is 22.4. The van der Waals surface area contributed by atoms with Crippen molar-refractivity contribution in [3.63, 3.8) is 0 Å². The van der Waals surface area contributed by atoms with Crippen LogP contribution in [0.4, 0.5) is 0 Å². The number of unbranched alkanes of at least 4 members (excludes halogenated alkanes) is 2. The maximum absolute atomic E-state index is 14.4. The van der Waals surface area contributed by atoms with Gasteiger partial charge in [-0.2, -0.15) is 13.1 Å². The van der Waals surface area contributed by atoms with Crippen molar-refractivity contribution < 1.29 is 55.9 Å². The summed E-state index contributed by atoms with van der Waals surface area (Å²) in [6, 6.07) is 17.0. The van der Waals surface area contributed by atoms with E-state index in [4.69, 9.17) is 11.8 Å². The molecule has 0 bridgehead atoms. The minimum Gasteiger partial charge on any atom is -0.497 e. The zero-order valence-electron chi connectivity index (χ0n) is 36.2. The number of hydrogen-bond acceptors (Lipinski definition) is 10. The number of carbonyl (C=O) groups excluding carboxylic acids is 6. The fraction of sp³-hybridized carbons (Fsp3) is 0.467. The molecule has 4 amide bonds. The number of carbonyl (C=O) groups is 6. The van der Waals surface area contributed by atoms with Crippen molar-refractivity contribution in [2.45, 2.75) is 108 Å². The Balaban J connectivity index is 0.0000128. The van der Waals surface area contributed by atoms with E-state index in [1.165, 1.54) is 18.7 Å². The van der Waals surface area contributed by atoms with E-state index in [0.29, 0.717) is 69.2 Å². The molecule has 326 valence electrons. The van der Waals surface area contributed by atoms with Gasteiger partial charge in [0.15, 0.2) is 5.78 Å². The molecule has 3 rings (SSSR count). The van der Waals surface area contributed by atoms with Crippen LogP contribution in [0.2, 0.25) is 0 Å². The molecule has 15 heteroatoms. The quantitative estimate of drug-likeness (QED) is 0.0455. The number of nitrogens with two attached hydrogens (primary N) is 1. The predicted octanol–water partition coefficient (Wildman–Crippen LogP) is 4.14. The molecule has 0 fully saturated rings. The van der Waals surface area contributed by atoms with Crippen LogP contribution in [-0.4, -0.2) is 90.1 Å². The van der Waals surface area contributed by atoms with E-state index in [9.17, 15) is 28.8 Å². The maximum Gasteiger partial charge on any atom is 2.00 e. The molecule has 0 aromatic heterocycles. The summed E-state index contributed by atoms with van der Waals surface area (Å²) in [5.41, 5.74) is 6.09. The first-order valence-corrected chi connectivity index (χ1v) is 21.3. The van der Waals surface area contributed by atoms with Crippen LogP contribution in [0, 0.1) is 13.9 Å². The van der Waals surface area contributed by atoms with Gasteiger partial charge in [-0.05, 0) is 85.4 Å². The van der Waals surface area contributed by atoms with Crippen LogP contribution in [0.15, 0.2) is 66.7 Å². The van der Waals surface area contributed by atoms with Crippen molar-refractivity contribution in [3.8, 4) is 5.75 Å². The molecule has 3 aromatic carbocycles. The number of ether oxygens (including phenoxy) is 1. The molecule has 13 nitrogen and oxygen atoms in total. The van der Waals surface area contributed by atoms with Gasteiger partial charge in [-0.15, -0.1) is 0 Å². The Bertz CT molecular complexity index is 1890. The molecule has 0 heterocycles. The molecule has 0 saturated carbocycles. The Morgan fingerprint density at radius 3 is 2.07 bits per heavy atom. The van der Waals surface area contributed by atoms with Crippen molar-refractivity contribution >= 4 is 57.7 Å². The van der Waals surface area contributed by atoms with Crippen LogP contribution in [0.5, 0.6) is 5.75 Å². The van der Waals surface area contributed by atoms with E-state index in [1.54, 1.807) is 45.2 Å². The first kappa shape index (κ1) is 50.1. The predicted molar refractivity (Wildman–Crippen MR) is 234 cm³/mol. The summed E-state index contributed by atoms with van der Waals surface area (Å²) >= 11 is 1.49. The summed E-state index contributed by atoms with van der Waals surface area (Å²) in [6.07, 6.45) is 3.81. The third-order valence-electron chi connectivity index (χ3n) is 10.2. The monoisotopic (exact) mass is 1020 g/mol. The van der Waals surface area contributed by atoms with Crippen molar-refractivity contribution in [3.05, 3.63) is 91.8 Å². The third kappa shape index (κ3) is 17.0. The molecule has 0 saturated heterocycles. The number of amides is 4. The summed E-state index contributed by atoms with van der Waals surface area (Å²) in [5.74, 6) is -0.937. The number of methoxy groups -OCH3 is 1. The molecular weight excluding hydrogens is 952 g/mol. The molecule has 0 aliphatic heterocycles. The van der Waals surface area contributed by atoms with Gasteiger partial charge in [0, 0.05) is 37.7 Å². The van der Waals surface area contributed by atoms with Gasteiger partial charge in [0.1, 0.15) is 17.8 Å². The molecule has 0 aliphatic rings. The number of fused-ring (bicyclic) bond motifs is 1. The van der Waals surface area contributed by atoms with E-state index in [2.05, 4.69) is 33.6 Å². The van der Waals surface area contributed by atoms with Gasteiger partial charge in [-0.3, -0.25) is 31.0 Å². The van der Waals surface area contributed by atoms with E-state index in [0.717, 1.165) is 21.9 Å². The SMILES string of the molecule is [3H][CH-]C(=O)[C@H](CCCCSC[C@H](N[CH2-])C(=O)N[C@@H](Cc1ccc(OC)cc1)C(=O)N[C@@H](Cc1ccc2ccccc2c1)C(=O)N[C@@](C)(CCCCN)C(=O)CC)NC(C)=O.[W+2]. The number of ketones is 2. The second-order valence-corrected chi connectivity index (χ2v) is 16.0. The average molecular weight is 1020 g/mol. The van der Waals surface area contributed by atoms with Gasteiger partial charge in [0.05, 0.1) is 24.7 Å². The van der Waals surface area contributed by atoms with Crippen LogP contribution >= 0.6 is 11.8 Å². The molecule has 0 radical (unpaired) electrons. The largest absolute Gasteiger partial charge is 2.00 e. The zero-order chi connectivity index (χ0) is 44.1. The van der Waals surface area contributed by atoms with Crippen LogP contribution in [0.1, 0.15) is 78.2 Å². The Labute approximate surface area is 375 Å². The molecule has 3 aromatic rings. The van der Waals surface area contributed by atoms with E-state index in [1.807, 2.05) is 42.5 Å². The smallest absolute Gasteiger partial charge is 0.497 e. The fourth-order valence-electron chi connectivity index (χ4n) is 6.72. The Morgan fingerprint density at radius 1 is 0.817 bits per heavy atom. The van der Waals surface area contributed by atoms with Gasteiger partial charge in [-0.25, -0.2) is 0 Å². The van der Waals surface area contributed by atoms with E-state index >= 15 is 0 Å². The van der Waals surface area contributed by atoms with Crippen LogP contribution in [0.3, 0.4) is 0 Å². The summed E-state index contributed by atoms with van der Waals surface area (Å²) in [4.78, 5) is 79.3. The van der Waals surface area contributed by atoms with E-state index in [-0.39, 0.29) is 52.0 Å². The van der Waals surface area contributed by atoms with Crippen molar-refractivity contribution in [1.29, 1.82) is 0 Å². The third-order valence-corrected chi connectivity index (χ3v) is 11.3. The first-order valence-electron chi connectivity index (χ1n) is 20.7. The number of nitrogens with one attached hydrogen (secondary N) is 5. The fourth-order valence-corrected chi connectivity index (χ4v) is 7.80. The minimum absolute atomic E-state index is 0. The summed E-state index contributed by atoms with van der Waals surface area (Å²) < 4.78 is 12.6. The molecule has 0 spiro atoms. The van der Waals surface area contributed by atoms with E-state index < -0.39 is 53.2 Å². The van der Waals surface area contributed by atoms with Crippen LogP contribution in [0.25, 0.3) is 10.8 Å². The Hall–Kier alpha value is -4.23. The summed E-state index contributed by atoms with van der Waals surface area (Å²) in [5, 5.41) is 16.2. The van der Waals surface area contributed by atoms with Crippen LogP contribution in [-0.2, 0) is 62.7 Å². The number of hydrogen-bond donors (Lipinski definition) is 6. The van der Waals surface area contributed by atoms with Crippen molar-refractivity contribution in [2.75, 3.05) is 25.2 Å². The number of Topliss-reactive ketones (excluding diaryl/α,β-unsaturated/α-hetero) is 2. The standard InChI is InChI=1S/C45H62N6O7S.W/c1-7-41(54)45(4,23-11-12-24-46)51-44(57)39(28-33-17-20-34-14-8-9-15-35(34)26-33)50-42(55)38(27-32-18-21-36(58-6)22-19-32)49-43(56)40(47-5)29-59-25-13-10-16-37(30(2)52)48-31(3)53;/h8-9,14-15,17-22,26,37-40,47H,2,5,7,10-13,16,23-25,27-29,46H2,1,3-4,6H3,(H,48,53)(H,49,56)(H,50,55)(H,51,57);/q-2;+2/t37-,38-,39-,40-,45-;/m0./s1/i2T;. The minimum atomic E-state index is -1.18. The van der Waals surface area contributed by atoms with Crippen molar-refractivity contribution in [1.82, 2.24) is 26.6 Å². The molecule has 0 unspecified atom stereocenters. The van der Waals surface area contributed by atoms with Gasteiger partial charge in [-0.1, -0.05) is 67.9 Å². The van der Waals surface area contributed by atoms with Crippen LogP contribution < -0.4 is 37.1 Å². The normalized spacial score (nSPS) is 14.1. The molecule has 60 heavy (non-hydrogen) atoms. The molecule has 5 atom stereocenters. The van der Waals surface area contributed by atoms with Crippen molar-refractivity contribution in [2.24, 2.45) is 5.73 Å². The number of rotatable bonds is 28. The van der Waals surface area contributed by atoms with Gasteiger partial charge >= 0.3 is 21.1 Å². The topological polar surface area (TPSA) is 198 Å². The second kappa shape index (κ2) is 26.9. The molecular formula is C45H62N6O7SW. The second-order valence-electron chi connectivity index (χ2n) is 14.9. The van der Waals surface area contributed by atoms with Gasteiger partial charge in [0.2, 0.25) is 23.6 Å². The zero-order valence-corrected chi connectivity index (χ0v) is 38.9. The molecule has 7 N–H and O–H groups in total. The summed E-state index contributed by atoms with van der Waals surface area (Å²) in [7, 11) is 5.30. The van der Waals surface area contributed by atoms with Gasteiger partial charge < -0.3 is 48.7 Å². The number of benzene rings is 3. The Morgan fingerprint density at radius 2 is 1.45 bits per heavy atom. The van der Waals surface area contributed by atoms with Gasteiger partial charge in [0.25, 0.3) is 0 Å². The maximum atomic E-state index is 14.4. The summed E-state index contributed by atoms with van der Waals surface area (Å²) in [6.45, 7) is 5.94. The molecule has 0 aliphatic carbocycles. The average Bonchev–Trinajstić information content (AvgIpc) is 3.24. The first-order chi connectivity index (χ1) is 28.8. The number of thioether (sulfide) groups is 1.